The highest BCUT2D eigenvalue weighted by atomic mass is 19.2. The highest BCUT2D eigenvalue weighted by Gasteiger charge is 2.36. The van der Waals surface area contributed by atoms with Gasteiger partial charge in [0.2, 0.25) is 5.88 Å². The van der Waals surface area contributed by atoms with Gasteiger partial charge in [0, 0.05) is 12.3 Å². The normalized spacial score (nSPS) is 20.2. The maximum absolute atomic E-state index is 14.1. The SMILES string of the molecule is COc1ccc([C@@H](NC(=O)c2ccc(C)c(F)c2F)C2CC(O)C2)cn1. The second-order valence-corrected chi connectivity index (χ2v) is 6.53. The summed E-state index contributed by atoms with van der Waals surface area (Å²) in [7, 11) is 1.50. The number of carbonyl (C=O) groups excluding carboxylic acids is 1. The average molecular weight is 362 g/mol. The van der Waals surface area contributed by atoms with Gasteiger partial charge in [0.25, 0.3) is 5.91 Å². The first-order valence-electron chi connectivity index (χ1n) is 8.34. The Morgan fingerprint density at radius 1 is 1.27 bits per heavy atom. The number of pyridine rings is 1. The van der Waals surface area contributed by atoms with Gasteiger partial charge in [-0.15, -0.1) is 0 Å². The van der Waals surface area contributed by atoms with E-state index in [0.717, 1.165) is 0 Å². The summed E-state index contributed by atoms with van der Waals surface area (Å²) in [6, 6.07) is 5.59. The predicted octanol–water partition coefficient (Wildman–Crippen LogP) is 2.92. The topological polar surface area (TPSA) is 71.5 Å². The summed E-state index contributed by atoms with van der Waals surface area (Å²) >= 11 is 0. The Labute approximate surface area is 150 Å². The standard InChI is InChI=1S/C19H20F2N2O3/c1-10-3-5-14(17(21)16(10)20)19(25)23-18(12-7-13(24)8-12)11-4-6-15(26-2)22-9-11/h3-6,9,12-13,18,24H,7-8H2,1-2H3,(H,23,25)/t12?,13?,18-/m1/s1. The molecular weight excluding hydrogens is 342 g/mol. The Hall–Kier alpha value is -2.54. The summed E-state index contributed by atoms with van der Waals surface area (Å²) in [5.74, 6) is -2.48. The largest absolute Gasteiger partial charge is 0.481 e. The maximum atomic E-state index is 14.1. The summed E-state index contributed by atoms with van der Waals surface area (Å²) < 4.78 is 32.9. The number of aromatic nitrogens is 1. The van der Waals surface area contributed by atoms with Crippen LogP contribution in [-0.2, 0) is 0 Å². The molecule has 0 aliphatic heterocycles. The quantitative estimate of drug-likeness (QED) is 0.858. The number of nitrogens with one attached hydrogen (secondary N) is 1. The summed E-state index contributed by atoms with van der Waals surface area (Å²) in [5.41, 5.74) is 0.501. The summed E-state index contributed by atoms with van der Waals surface area (Å²) in [6.45, 7) is 1.43. The first-order chi connectivity index (χ1) is 12.4. The first-order valence-corrected chi connectivity index (χ1v) is 8.34. The van der Waals surface area contributed by atoms with E-state index in [1.165, 1.54) is 26.2 Å². The third-order valence-corrected chi connectivity index (χ3v) is 4.76. The molecule has 1 fully saturated rings. The van der Waals surface area contributed by atoms with E-state index in [1.54, 1.807) is 18.3 Å². The number of carbonyl (C=O) groups is 1. The average Bonchev–Trinajstić information content (AvgIpc) is 2.62. The fraction of sp³-hybridized carbons (Fsp3) is 0.368. The Balaban J connectivity index is 1.85. The number of hydrogen-bond donors (Lipinski definition) is 2. The summed E-state index contributed by atoms with van der Waals surface area (Å²) in [6.07, 6.45) is 2.18. The van der Waals surface area contributed by atoms with Crippen molar-refractivity contribution in [3.05, 3.63) is 58.8 Å². The molecule has 0 radical (unpaired) electrons. The van der Waals surface area contributed by atoms with Gasteiger partial charge in [-0.2, -0.15) is 0 Å². The predicted molar refractivity (Wildman–Crippen MR) is 90.8 cm³/mol. The van der Waals surface area contributed by atoms with Crippen molar-refractivity contribution in [3.63, 3.8) is 0 Å². The van der Waals surface area contributed by atoms with Gasteiger partial charge in [0.05, 0.1) is 24.8 Å². The minimum absolute atomic E-state index is 0.0116. The van der Waals surface area contributed by atoms with Crippen LogP contribution >= 0.6 is 0 Å². The van der Waals surface area contributed by atoms with Crippen LogP contribution in [0.3, 0.4) is 0 Å². The lowest BCUT2D eigenvalue weighted by Crippen LogP contribution is -2.41. The van der Waals surface area contributed by atoms with Crippen molar-refractivity contribution in [3.8, 4) is 5.88 Å². The zero-order valence-electron chi connectivity index (χ0n) is 14.5. The smallest absolute Gasteiger partial charge is 0.254 e. The Morgan fingerprint density at radius 3 is 2.58 bits per heavy atom. The summed E-state index contributed by atoms with van der Waals surface area (Å²) in [4.78, 5) is 16.7. The van der Waals surface area contributed by atoms with E-state index in [9.17, 15) is 18.7 Å². The lowest BCUT2D eigenvalue weighted by Gasteiger charge is -2.38. The summed E-state index contributed by atoms with van der Waals surface area (Å²) in [5, 5.41) is 12.4. The number of aliphatic hydroxyl groups is 1. The van der Waals surface area contributed by atoms with Crippen LogP contribution in [0.15, 0.2) is 30.5 Å². The third-order valence-electron chi connectivity index (χ3n) is 4.76. The number of amides is 1. The molecule has 2 N–H and O–H groups in total. The van der Waals surface area contributed by atoms with Gasteiger partial charge < -0.3 is 15.2 Å². The van der Waals surface area contributed by atoms with Gasteiger partial charge in [-0.05, 0) is 42.9 Å². The van der Waals surface area contributed by atoms with Gasteiger partial charge >= 0.3 is 0 Å². The minimum atomic E-state index is -1.16. The molecule has 7 heteroatoms. The zero-order chi connectivity index (χ0) is 18.8. The van der Waals surface area contributed by atoms with Gasteiger partial charge in [-0.3, -0.25) is 4.79 Å². The van der Waals surface area contributed by atoms with Crippen LogP contribution in [-0.4, -0.2) is 29.2 Å². The van der Waals surface area contributed by atoms with Crippen molar-refractivity contribution >= 4 is 5.91 Å². The second kappa shape index (κ2) is 7.37. The second-order valence-electron chi connectivity index (χ2n) is 6.53. The highest BCUT2D eigenvalue weighted by Crippen LogP contribution is 2.38. The highest BCUT2D eigenvalue weighted by molar-refractivity contribution is 5.94. The molecule has 0 saturated heterocycles. The third kappa shape index (κ3) is 3.53. The number of rotatable bonds is 5. The Bertz CT molecular complexity index is 805. The van der Waals surface area contributed by atoms with Crippen LogP contribution in [0.25, 0.3) is 0 Å². The van der Waals surface area contributed by atoms with Crippen molar-refractivity contribution in [1.29, 1.82) is 0 Å². The molecule has 1 aromatic carbocycles. The fourth-order valence-electron chi connectivity index (χ4n) is 3.11. The molecule has 1 aliphatic rings. The molecule has 138 valence electrons. The van der Waals surface area contributed by atoms with Crippen molar-refractivity contribution < 1.29 is 23.4 Å². The number of aryl methyl sites for hydroxylation is 1. The molecule has 0 bridgehead atoms. The Morgan fingerprint density at radius 2 is 2.00 bits per heavy atom. The zero-order valence-corrected chi connectivity index (χ0v) is 14.5. The van der Waals surface area contributed by atoms with E-state index < -0.39 is 29.7 Å². The molecule has 5 nitrogen and oxygen atoms in total. The fourth-order valence-corrected chi connectivity index (χ4v) is 3.11. The van der Waals surface area contributed by atoms with Crippen LogP contribution < -0.4 is 10.1 Å². The number of methoxy groups -OCH3 is 1. The van der Waals surface area contributed by atoms with E-state index in [4.69, 9.17) is 4.74 Å². The van der Waals surface area contributed by atoms with Crippen molar-refractivity contribution in [2.24, 2.45) is 5.92 Å². The lowest BCUT2D eigenvalue weighted by molar-refractivity contribution is 0.0234. The monoisotopic (exact) mass is 362 g/mol. The first kappa shape index (κ1) is 18.3. The van der Waals surface area contributed by atoms with E-state index in [-0.39, 0.29) is 17.0 Å². The van der Waals surface area contributed by atoms with Gasteiger partial charge in [0.15, 0.2) is 11.6 Å². The molecule has 26 heavy (non-hydrogen) atoms. The number of benzene rings is 1. The molecule has 2 aromatic rings. The number of hydrogen-bond acceptors (Lipinski definition) is 4. The van der Waals surface area contributed by atoms with Crippen molar-refractivity contribution in [1.82, 2.24) is 10.3 Å². The van der Waals surface area contributed by atoms with Crippen molar-refractivity contribution in [2.45, 2.75) is 31.9 Å². The van der Waals surface area contributed by atoms with Gasteiger partial charge in [-0.25, -0.2) is 13.8 Å². The Kier molecular flexibility index (Phi) is 5.18. The molecule has 1 saturated carbocycles. The maximum Gasteiger partial charge on any atom is 0.254 e. The lowest BCUT2D eigenvalue weighted by atomic mass is 9.75. The molecular formula is C19H20F2N2O3. The van der Waals surface area contributed by atoms with Crippen LogP contribution in [0.5, 0.6) is 5.88 Å². The van der Waals surface area contributed by atoms with Crippen molar-refractivity contribution in [2.75, 3.05) is 7.11 Å². The molecule has 3 rings (SSSR count). The number of ether oxygens (including phenoxy) is 1. The van der Waals surface area contributed by atoms with Crippen LogP contribution in [0.4, 0.5) is 8.78 Å². The number of aliphatic hydroxyl groups excluding tert-OH is 1. The molecule has 1 atom stereocenters. The van der Waals surface area contributed by atoms with E-state index in [0.29, 0.717) is 24.3 Å². The van der Waals surface area contributed by atoms with E-state index in [2.05, 4.69) is 10.3 Å². The molecule has 1 aromatic heterocycles. The molecule has 0 unspecified atom stereocenters. The number of nitrogens with zero attached hydrogens (tertiary/aromatic N) is 1. The van der Waals surface area contributed by atoms with Gasteiger partial charge in [0.1, 0.15) is 0 Å². The molecule has 1 aliphatic carbocycles. The van der Waals surface area contributed by atoms with Crippen LogP contribution in [0.2, 0.25) is 0 Å². The molecule has 1 amide bonds. The van der Waals surface area contributed by atoms with Crippen LogP contribution in [0, 0.1) is 24.5 Å². The van der Waals surface area contributed by atoms with E-state index >= 15 is 0 Å². The number of halogens is 2. The molecule has 0 spiro atoms. The molecule has 1 heterocycles. The van der Waals surface area contributed by atoms with Gasteiger partial charge in [-0.1, -0.05) is 12.1 Å². The van der Waals surface area contributed by atoms with Crippen LogP contribution in [0.1, 0.15) is 40.4 Å². The minimum Gasteiger partial charge on any atom is -0.481 e. The van der Waals surface area contributed by atoms with E-state index in [1.807, 2.05) is 0 Å².